The van der Waals surface area contributed by atoms with Crippen LogP contribution in [0.1, 0.15) is 40.6 Å². The van der Waals surface area contributed by atoms with Gasteiger partial charge in [-0.1, -0.05) is 30.0 Å². The Labute approximate surface area is 161 Å². The van der Waals surface area contributed by atoms with E-state index in [4.69, 9.17) is 0 Å². The van der Waals surface area contributed by atoms with Gasteiger partial charge in [-0.05, 0) is 60.7 Å². The van der Waals surface area contributed by atoms with Gasteiger partial charge < -0.3 is 5.32 Å². The molecular weight excluding hydrogens is 362 g/mol. The van der Waals surface area contributed by atoms with Crippen molar-refractivity contribution in [2.75, 3.05) is 11.1 Å². The normalized spacial score (nSPS) is 10.8. The van der Waals surface area contributed by atoms with Crippen molar-refractivity contribution in [3.63, 3.8) is 0 Å². The number of thioether (sulfide) groups is 1. The van der Waals surface area contributed by atoms with Crippen LogP contribution in [0.4, 0.5) is 5.69 Å². The number of anilines is 1. The average molecular weight is 381 g/mol. The molecule has 0 aliphatic carbocycles. The van der Waals surface area contributed by atoms with Crippen molar-refractivity contribution in [2.45, 2.75) is 25.0 Å². The predicted octanol–water partition coefficient (Wildman–Crippen LogP) is 3.48. The van der Waals surface area contributed by atoms with Crippen LogP contribution in [0.3, 0.4) is 0 Å². The molecular formula is C19H19N5O2S. The second kappa shape index (κ2) is 8.59. The van der Waals surface area contributed by atoms with E-state index in [9.17, 15) is 9.59 Å². The third-order valence-corrected chi connectivity index (χ3v) is 4.72. The van der Waals surface area contributed by atoms with Gasteiger partial charge in [-0.3, -0.25) is 9.59 Å². The third kappa shape index (κ3) is 4.79. The van der Waals surface area contributed by atoms with E-state index in [0.717, 1.165) is 0 Å². The van der Waals surface area contributed by atoms with Gasteiger partial charge in [0.15, 0.2) is 5.78 Å². The lowest BCUT2D eigenvalue weighted by atomic mass is 10.1. The van der Waals surface area contributed by atoms with Crippen LogP contribution >= 0.6 is 11.8 Å². The Morgan fingerprint density at radius 2 is 1.74 bits per heavy atom. The molecule has 138 valence electrons. The van der Waals surface area contributed by atoms with Crippen LogP contribution in [0.5, 0.6) is 0 Å². The number of nitrogens with zero attached hydrogens (tertiary/aromatic N) is 4. The highest BCUT2D eigenvalue weighted by molar-refractivity contribution is 7.99. The summed E-state index contributed by atoms with van der Waals surface area (Å²) < 4.78 is 1.68. The largest absolute Gasteiger partial charge is 0.322 e. The van der Waals surface area contributed by atoms with Crippen molar-refractivity contribution >= 4 is 29.1 Å². The highest BCUT2D eigenvalue weighted by Gasteiger charge is 2.13. The van der Waals surface area contributed by atoms with Crippen molar-refractivity contribution in [1.82, 2.24) is 20.2 Å². The van der Waals surface area contributed by atoms with Crippen molar-refractivity contribution in [1.29, 1.82) is 0 Å². The maximum absolute atomic E-state index is 12.4. The van der Waals surface area contributed by atoms with Gasteiger partial charge in [-0.2, -0.15) is 0 Å². The highest BCUT2D eigenvalue weighted by Crippen LogP contribution is 2.19. The van der Waals surface area contributed by atoms with E-state index in [1.165, 1.54) is 11.8 Å². The molecule has 1 heterocycles. The van der Waals surface area contributed by atoms with E-state index < -0.39 is 0 Å². The van der Waals surface area contributed by atoms with Gasteiger partial charge in [-0.25, -0.2) is 4.68 Å². The molecule has 3 rings (SSSR count). The van der Waals surface area contributed by atoms with E-state index in [-0.39, 0.29) is 23.5 Å². The topological polar surface area (TPSA) is 89.8 Å². The molecule has 0 bridgehead atoms. The first-order valence-electron chi connectivity index (χ1n) is 8.45. The SMILES string of the molecule is CC(C)n1nnnc1SCC(=O)c1ccc(NC(=O)c2ccccc2)cc1. The first-order chi connectivity index (χ1) is 13.0. The van der Waals surface area contributed by atoms with Crippen molar-refractivity contribution in [2.24, 2.45) is 0 Å². The van der Waals surface area contributed by atoms with Crippen molar-refractivity contribution < 1.29 is 9.59 Å². The average Bonchev–Trinajstić information content (AvgIpc) is 3.16. The van der Waals surface area contributed by atoms with Gasteiger partial charge in [0, 0.05) is 16.8 Å². The molecule has 1 aromatic heterocycles. The molecule has 0 saturated carbocycles. The molecule has 0 aliphatic heterocycles. The van der Waals surface area contributed by atoms with Crippen LogP contribution in [-0.2, 0) is 0 Å². The molecule has 0 saturated heterocycles. The zero-order chi connectivity index (χ0) is 19.2. The van der Waals surface area contributed by atoms with Crippen LogP contribution in [0.2, 0.25) is 0 Å². The minimum absolute atomic E-state index is 0.0285. The number of hydrogen-bond acceptors (Lipinski definition) is 6. The Morgan fingerprint density at radius 1 is 1.04 bits per heavy atom. The molecule has 0 aliphatic rings. The summed E-state index contributed by atoms with van der Waals surface area (Å²) in [4.78, 5) is 24.5. The zero-order valence-corrected chi connectivity index (χ0v) is 15.8. The van der Waals surface area contributed by atoms with Gasteiger partial charge in [0.1, 0.15) is 0 Å². The maximum atomic E-state index is 12.4. The number of carbonyl (C=O) groups is 2. The number of aromatic nitrogens is 4. The Bertz CT molecular complexity index is 923. The summed E-state index contributed by atoms with van der Waals surface area (Å²) in [6.45, 7) is 3.95. The molecule has 0 atom stereocenters. The number of nitrogens with one attached hydrogen (secondary N) is 1. The van der Waals surface area contributed by atoms with Crippen LogP contribution in [0.25, 0.3) is 0 Å². The second-order valence-corrected chi connectivity index (χ2v) is 7.05. The summed E-state index contributed by atoms with van der Waals surface area (Å²) in [6.07, 6.45) is 0. The second-order valence-electron chi connectivity index (χ2n) is 6.11. The van der Waals surface area contributed by atoms with Crippen LogP contribution in [0.15, 0.2) is 59.8 Å². The van der Waals surface area contributed by atoms with Crippen LogP contribution < -0.4 is 5.32 Å². The molecule has 2 aromatic carbocycles. The molecule has 1 N–H and O–H groups in total. The minimum atomic E-state index is -0.189. The Morgan fingerprint density at radius 3 is 2.41 bits per heavy atom. The van der Waals surface area contributed by atoms with Crippen LogP contribution in [0, 0.1) is 0 Å². The van der Waals surface area contributed by atoms with Crippen molar-refractivity contribution in [3.05, 3.63) is 65.7 Å². The van der Waals surface area contributed by atoms with Crippen molar-refractivity contribution in [3.8, 4) is 0 Å². The summed E-state index contributed by atoms with van der Waals surface area (Å²) in [5, 5.41) is 14.9. The van der Waals surface area contributed by atoms with E-state index in [0.29, 0.717) is 22.0 Å². The van der Waals surface area contributed by atoms with Gasteiger partial charge in [0.05, 0.1) is 11.8 Å². The zero-order valence-electron chi connectivity index (χ0n) is 15.0. The summed E-state index contributed by atoms with van der Waals surface area (Å²) >= 11 is 1.30. The number of ketones is 1. The van der Waals surface area contributed by atoms with Gasteiger partial charge >= 0.3 is 0 Å². The molecule has 3 aromatic rings. The van der Waals surface area contributed by atoms with Crippen LogP contribution in [-0.4, -0.2) is 37.7 Å². The first kappa shape index (κ1) is 18.8. The maximum Gasteiger partial charge on any atom is 0.255 e. The number of amides is 1. The van der Waals surface area contributed by atoms with E-state index >= 15 is 0 Å². The lowest BCUT2D eigenvalue weighted by Crippen LogP contribution is -2.12. The summed E-state index contributed by atoms with van der Waals surface area (Å²) in [5.74, 6) is 0.0213. The monoisotopic (exact) mass is 381 g/mol. The standard InChI is InChI=1S/C19H19N5O2S/c1-13(2)24-19(21-22-23-24)27-12-17(25)14-8-10-16(11-9-14)20-18(26)15-6-4-3-5-7-15/h3-11,13H,12H2,1-2H3,(H,20,26). The number of carbonyl (C=O) groups excluding carboxylic acids is 2. The third-order valence-electron chi connectivity index (χ3n) is 3.78. The van der Waals surface area contributed by atoms with Gasteiger partial charge in [-0.15, -0.1) is 5.10 Å². The molecule has 0 unspecified atom stereocenters. The Balaban J connectivity index is 1.59. The molecule has 0 spiro atoms. The van der Waals surface area contributed by atoms with Gasteiger partial charge in [0.25, 0.3) is 5.91 Å². The summed E-state index contributed by atoms with van der Waals surface area (Å²) in [5.41, 5.74) is 1.79. The number of tetrazole rings is 1. The molecule has 8 heteroatoms. The minimum Gasteiger partial charge on any atom is -0.322 e. The lowest BCUT2D eigenvalue weighted by molar-refractivity contribution is 0.101. The fourth-order valence-corrected chi connectivity index (χ4v) is 3.25. The molecule has 0 fully saturated rings. The van der Waals surface area contributed by atoms with E-state index in [1.807, 2.05) is 32.0 Å². The lowest BCUT2D eigenvalue weighted by Gasteiger charge is -2.08. The summed E-state index contributed by atoms with van der Waals surface area (Å²) in [6, 6.07) is 15.9. The number of benzene rings is 2. The fraction of sp³-hybridized carbons (Fsp3) is 0.211. The molecule has 7 nitrogen and oxygen atoms in total. The predicted molar refractivity (Wildman–Crippen MR) is 104 cm³/mol. The fourth-order valence-electron chi connectivity index (χ4n) is 2.35. The number of hydrogen-bond donors (Lipinski definition) is 1. The highest BCUT2D eigenvalue weighted by atomic mass is 32.2. The Hall–Kier alpha value is -3.00. The Kier molecular flexibility index (Phi) is 5.97. The molecule has 1 amide bonds. The quantitative estimate of drug-likeness (QED) is 0.498. The van der Waals surface area contributed by atoms with E-state index in [2.05, 4.69) is 20.8 Å². The first-order valence-corrected chi connectivity index (χ1v) is 9.43. The van der Waals surface area contributed by atoms with E-state index in [1.54, 1.807) is 41.1 Å². The van der Waals surface area contributed by atoms with Gasteiger partial charge in [0.2, 0.25) is 5.16 Å². The summed E-state index contributed by atoms with van der Waals surface area (Å²) in [7, 11) is 0. The number of rotatable bonds is 7. The molecule has 0 radical (unpaired) electrons. The molecule has 27 heavy (non-hydrogen) atoms. The smallest absolute Gasteiger partial charge is 0.255 e. The number of Topliss-reactive ketones (excluding diaryl/α,β-unsaturated/α-hetero) is 1.